The zero-order valence-corrected chi connectivity index (χ0v) is 15.4. The van der Waals surface area contributed by atoms with Crippen LogP contribution in [0, 0.1) is 16.0 Å². The molecule has 1 aromatic carbocycles. The predicted octanol–water partition coefficient (Wildman–Crippen LogP) is 0.897. The van der Waals surface area contributed by atoms with Crippen molar-refractivity contribution in [3.63, 3.8) is 0 Å². The summed E-state index contributed by atoms with van der Waals surface area (Å²) < 4.78 is 26.7. The van der Waals surface area contributed by atoms with Crippen LogP contribution < -0.4 is 15.8 Å². The molecule has 0 heterocycles. The third-order valence-corrected chi connectivity index (χ3v) is 6.08. The van der Waals surface area contributed by atoms with Crippen molar-refractivity contribution in [2.75, 3.05) is 13.1 Å². The Balaban J connectivity index is 1.88. The number of benzene rings is 1. The van der Waals surface area contributed by atoms with Crippen molar-refractivity contribution >= 4 is 21.6 Å². The Hall–Kier alpha value is -2.04. The van der Waals surface area contributed by atoms with E-state index in [-0.39, 0.29) is 35.5 Å². The van der Waals surface area contributed by atoms with E-state index in [1.807, 2.05) is 6.92 Å². The quantitative estimate of drug-likeness (QED) is 0.362. The summed E-state index contributed by atoms with van der Waals surface area (Å²) >= 11 is 0. The maximum absolute atomic E-state index is 12.3. The van der Waals surface area contributed by atoms with Crippen molar-refractivity contribution in [1.29, 1.82) is 0 Å². The first-order valence-electron chi connectivity index (χ1n) is 8.44. The third kappa shape index (κ3) is 4.99. The number of hydrogen-bond donors (Lipinski definition) is 3. The molecule has 26 heavy (non-hydrogen) atoms. The number of nitro groups is 1. The van der Waals surface area contributed by atoms with Gasteiger partial charge in [-0.15, -0.1) is 0 Å². The van der Waals surface area contributed by atoms with E-state index in [9.17, 15) is 23.3 Å². The Bertz CT molecular complexity index is 779. The first-order chi connectivity index (χ1) is 12.1. The largest absolute Gasteiger partial charge is 0.354 e. The van der Waals surface area contributed by atoms with Crippen LogP contribution in [0.1, 0.15) is 32.6 Å². The van der Waals surface area contributed by atoms with E-state index in [2.05, 4.69) is 10.0 Å². The summed E-state index contributed by atoms with van der Waals surface area (Å²) in [5.41, 5.74) is 5.33. The molecule has 1 aliphatic carbocycles. The number of rotatable bonds is 7. The Morgan fingerprint density at radius 3 is 2.77 bits per heavy atom. The van der Waals surface area contributed by atoms with E-state index >= 15 is 0 Å². The lowest BCUT2D eigenvalue weighted by molar-refractivity contribution is -0.385. The number of nitrogens with one attached hydrogen (secondary N) is 2. The smallest absolute Gasteiger partial charge is 0.270 e. The molecule has 0 saturated heterocycles. The lowest BCUT2D eigenvalue weighted by Gasteiger charge is -2.37. The summed E-state index contributed by atoms with van der Waals surface area (Å²) in [5, 5.41) is 13.5. The van der Waals surface area contributed by atoms with E-state index in [0.29, 0.717) is 0 Å². The molecule has 2 atom stereocenters. The zero-order chi connectivity index (χ0) is 19.4. The van der Waals surface area contributed by atoms with E-state index in [1.54, 1.807) is 0 Å². The molecule has 0 aromatic heterocycles. The molecular formula is C16H24N4O5S. The highest BCUT2D eigenvalue weighted by atomic mass is 32.2. The lowest BCUT2D eigenvalue weighted by Crippen LogP contribution is -2.53. The van der Waals surface area contributed by atoms with Gasteiger partial charge in [0.1, 0.15) is 0 Å². The number of nitrogens with zero attached hydrogens (tertiary/aromatic N) is 1. The molecule has 10 heteroatoms. The molecule has 2 rings (SSSR count). The first-order valence-corrected chi connectivity index (χ1v) is 9.92. The van der Waals surface area contributed by atoms with E-state index in [4.69, 9.17) is 5.73 Å². The minimum atomic E-state index is -3.89. The average molecular weight is 384 g/mol. The van der Waals surface area contributed by atoms with Gasteiger partial charge in [0, 0.05) is 30.8 Å². The average Bonchev–Trinajstić information content (AvgIpc) is 2.58. The van der Waals surface area contributed by atoms with Crippen LogP contribution in [0.3, 0.4) is 0 Å². The molecule has 1 aromatic rings. The van der Waals surface area contributed by atoms with Crippen molar-refractivity contribution in [2.45, 2.75) is 43.0 Å². The molecule has 9 nitrogen and oxygen atoms in total. The van der Waals surface area contributed by atoms with E-state index in [1.165, 1.54) is 18.2 Å². The van der Waals surface area contributed by atoms with E-state index < -0.39 is 20.5 Å². The molecule has 1 aliphatic rings. The standard InChI is InChI=1S/C16H24N4O5S/c1-16(17)8-3-2-7-14(16)15(21)18-9-10-19-26(24,25)13-6-4-5-12(11-13)20(22)23/h4-6,11,14,19H,2-3,7-10,17H2,1H3,(H,18,21). The van der Waals surface area contributed by atoms with Gasteiger partial charge in [-0.05, 0) is 25.8 Å². The van der Waals surface area contributed by atoms with Gasteiger partial charge in [-0.25, -0.2) is 13.1 Å². The topological polar surface area (TPSA) is 144 Å². The highest BCUT2D eigenvalue weighted by Crippen LogP contribution is 2.31. The van der Waals surface area contributed by atoms with Crippen molar-refractivity contribution in [3.05, 3.63) is 34.4 Å². The number of hydrogen-bond acceptors (Lipinski definition) is 6. The highest BCUT2D eigenvalue weighted by molar-refractivity contribution is 7.89. The van der Waals surface area contributed by atoms with Crippen LogP contribution in [0.4, 0.5) is 5.69 Å². The van der Waals surface area contributed by atoms with Gasteiger partial charge in [0.05, 0.1) is 15.7 Å². The van der Waals surface area contributed by atoms with Crippen LogP contribution >= 0.6 is 0 Å². The SMILES string of the molecule is CC1(N)CCCCC1C(=O)NCCNS(=O)(=O)c1cccc([N+](=O)[O-])c1. The monoisotopic (exact) mass is 384 g/mol. The molecule has 2 unspecified atom stereocenters. The summed E-state index contributed by atoms with van der Waals surface area (Å²) in [4.78, 5) is 22.2. The number of non-ortho nitro benzene ring substituents is 1. The molecule has 0 aliphatic heterocycles. The summed E-state index contributed by atoms with van der Waals surface area (Å²) in [6.45, 7) is 1.95. The minimum Gasteiger partial charge on any atom is -0.354 e. The van der Waals surface area contributed by atoms with E-state index in [0.717, 1.165) is 31.7 Å². The number of carbonyl (C=O) groups excluding carboxylic acids is 1. The molecule has 144 valence electrons. The number of nitrogens with two attached hydrogens (primary N) is 1. The number of sulfonamides is 1. The van der Waals surface area contributed by atoms with Crippen molar-refractivity contribution < 1.29 is 18.1 Å². The van der Waals surface area contributed by atoms with Crippen LogP contribution in [0.25, 0.3) is 0 Å². The molecule has 0 radical (unpaired) electrons. The van der Waals surface area contributed by atoms with Crippen molar-refractivity contribution in [2.24, 2.45) is 11.7 Å². The number of nitro benzene ring substituents is 1. The van der Waals surface area contributed by atoms with Gasteiger partial charge >= 0.3 is 0 Å². The number of carbonyl (C=O) groups is 1. The Morgan fingerprint density at radius 2 is 2.12 bits per heavy atom. The summed E-state index contributed by atoms with van der Waals surface area (Å²) in [7, 11) is -3.89. The zero-order valence-electron chi connectivity index (χ0n) is 14.6. The van der Waals surface area contributed by atoms with Gasteiger partial charge in [-0.2, -0.15) is 0 Å². The fraction of sp³-hybridized carbons (Fsp3) is 0.562. The third-order valence-electron chi connectivity index (χ3n) is 4.63. The maximum Gasteiger partial charge on any atom is 0.270 e. The Morgan fingerprint density at radius 1 is 1.38 bits per heavy atom. The normalized spacial score (nSPS) is 23.4. The van der Waals surface area contributed by atoms with Crippen LogP contribution in [-0.2, 0) is 14.8 Å². The van der Waals surface area contributed by atoms with Crippen molar-refractivity contribution in [1.82, 2.24) is 10.0 Å². The Kier molecular flexibility index (Phi) is 6.32. The molecule has 4 N–H and O–H groups in total. The molecule has 0 bridgehead atoms. The van der Waals surface area contributed by atoms with Crippen LogP contribution in [-0.4, -0.2) is 37.9 Å². The van der Waals surface area contributed by atoms with Crippen molar-refractivity contribution in [3.8, 4) is 0 Å². The molecule has 1 saturated carbocycles. The van der Waals surface area contributed by atoms with Gasteiger partial charge in [-0.1, -0.05) is 18.9 Å². The predicted molar refractivity (Wildman–Crippen MR) is 95.8 cm³/mol. The molecule has 1 amide bonds. The fourth-order valence-corrected chi connectivity index (χ4v) is 4.20. The van der Waals surface area contributed by atoms with Crippen LogP contribution in [0.15, 0.2) is 29.2 Å². The highest BCUT2D eigenvalue weighted by Gasteiger charge is 2.37. The molecule has 1 fully saturated rings. The van der Waals surface area contributed by atoms with Gasteiger partial charge < -0.3 is 11.1 Å². The van der Waals surface area contributed by atoms with Crippen LogP contribution in [0.2, 0.25) is 0 Å². The molecular weight excluding hydrogens is 360 g/mol. The Labute approximate surface area is 152 Å². The fourth-order valence-electron chi connectivity index (χ4n) is 3.13. The van der Waals surface area contributed by atoms with Gasteiger partial charge in [0.15, 0.2) is 0 Å². The second-order valence-corrected chi connectivity index (χ2v) is 8.51. The minimum absolute atomic E-state index is 0.0230. The van der Waals surface area contributed by atoms with Crippen LogP contribution in [0.5, 0.6) is 0 Å². The maximum atomic E-state index is 12.3. The summed E-state index contributed by atoms with van der Waals surface area (Å²) in [5.74, 6) is -0.464. The molecule has 0 spiro atoms. The van der Waals surface area contributed by atoms with Gasteiger partial charge in [-0.3, -0.25) is 14.9 Å². The van der Waals surface area contributed by atoms with Gasteiger partial charge in [0.25, 0.3) is 5.69 Å². The van der Waals surface area contributed by atoms with Gasteiger partial charge in [0.2, 0.25) is 15.9 Å². The summed E-state index contributed by atoms with van der Waals surface area (Å²) in [6.07, 6.45) is 3.45. The lowest BCUT2D eigenvalue weighted by atomic mass is 9.74. The summed E-state index contributed by atoms with van der Waals surface area (Å²) in [6, 6.07) is 4.78. The number of amides is 1. The first kappa shape index (κ1) is 20.3. The second-order valence-electron chi connectivity index (χ2n) is 6.75. The second kappa shape index (κ2) is 8.11.